The largest absolute Gasteiger partial charge is 0.365 e. The summed E-state index contributed by atoms with van der Waals surface area (Å²) in [6, 6.07) is 3.67. The lowest BCUT2D eigenvalue weighted by atomic mass is 9.94. The molecule has 5 nitrogen and oxygen atoms in total. The van der Waals surface area contributed by atoms with Gasteiger partial charge in [0, 0.05) is 18.1 Å². The summed E-state index contributed by atoms with van der Waals surface area (Å²) >= 11 is 0. The Bertz CT molecular complexity index is 589. The first-order chi connectivity index (χ1) is 8.75. The molecule has 2 N–H and O–H groups in total. The molecule has 2 heterocycles. The van der Waals surface area contributed by atoms with Crippen molar-refractivity contribution in [1.29, 1.82) is 0 Å². The van der Waals surface area contributed by atoms with Gasteiger partial charge in [0.05, 0.1) is 5.56 Å². The molecule has 0 atom stereocenters. The van der Waals surface area contributed by atoms with E-state index in [1.165, 1.54) is 0 Å². The first-order valence-corrected chi connectivity index (χ1v) is 6.08. The van der Waals surface area contributed by atoms with E-state index in [-0.39, 0.29) is 0 Å². The number of hydrogen-bond donors (Lipinski definition) is 1. The number of rotatable bonds is 2. The maximum Gasteiger partial charge on any atom is 0.252 e. The molecular weight excluding hydrogens is 228 g/mol. The van der Waals surface area contributed by atoms with Gasteiger partial charge in [-0.2, -0.15) is 5.10 Å². The van der Waals surface area contributed by atoms with Gasteiger partial charge in [-0.1, -0.05) is 0 Å². The number of carbonyl (C=O) groups is 1. The summed E-state index contributed by atoms with van der Waals surface area (Å²) in [6.45, 7) is 0. The van der Waals surface area contributed by atoms with E-state index in [4.69, 9.17) is 5.73 Å². The van der Waals surface area contributed by atoms with Crippen molar-refractivity contribution in [3.63, 3.8) is 0 Å². The number of nitrogens with zero attached hydrogens (tertiary/aromatic N) is 3. The highest BCUT2D eigenvalue weighted by Crippen LogP contribution is 2.23. The average molecular weight is 242 g/mol. The molecule has 18 heavy (non-hydrogen) atoms. The Balaban J connectivity index is 2.19. The topological polar surface area (TPSA) is 73.8 Å². The SMILES string of the molecule is NC(=O)c1cc2c(nc1-n1cccn1)CCCC2. The van der Waals surface area contributed by atoms with Gasteiger partial charge in [-0.3, -0.25) is 4.79 Å². The Morgan fingerprint density at radius 3 is 2.89 bits per heavy atom. The van der Waals surface area contributed by atoms with Gasteiger partial charge in [0.2, 0.25) is 0 Å². The van der Waals surface area contributed by atoms with E-state index < -0.39 is 5.91 Å². The fourth-order valence-corrected chi connectivity index (χ4v) is 2.37. The molecule has 2 aromatic rings. The van der Waals surface area contributed by atoms with Crippen molar-refractivity contribution >= 4 is 5.91 Å². The Morgan fingerprint density at radius 1 is 1.33 bits per heavy atom. The molecule has 0 radical (unpaired) electrons. The summed E-state index contributed by atoms with van der Waals surface area (Å²) < 4.78 is 1.59. The van der Waals surface area contributed by atoms with Crippen LogP contribution in [0, 0.1) is 0 Å². The predicted octanol–water partition coefficient (Wildman–Crippen LogP) is 1.25. The van der Waals surface area contributed by atoms with Crippen LogP contribution in [0.2, 0.25) is 0 Å². The molecule has 2 aromatic heterocycles. The second kappa shape index (κ2) is 4.25. The highest BCUT2D eigenvalue weighted by molar-refractivity contribution is 5.96. The Morgan fingerprint density at radius 2 is 2.17 bits per heavy atom. The van der Waals surface area contributed by atoms with Crippen LogP contribution in [0.15, 0.2) is 24.5 Å². The molecule has 1 amide bonds. The van der Waals surface area contributed by atoms with E-state index in [2.05, 4.69) is 10.1 Å². The summed E-state index contributed by atoms with van der Waals surface area (Å²) in [7, 11) is 0. The molecule has 0 fully saturated rings. The number of fused-ring (bicyclic) bond motifs is 1. The van der Waals surface area contributed by atoms with Crippen molar-refractivity contribution in [2.24, 2.45) is 5.73 Å². The fraction of sp³-hybridized carbons (Fsp3) is 0.308. The second-order valence-corrected chi connectivity index (χ2v) is 4.49. The molecule has 3 rings (SSSR count). The normalized spacial score (nSPS) is 14.2. The van der Waals surface area contributed by atoms with Crippen LogP contribution in [0.5, 0.6) is 0 Å². The Labute approximate surface area is 105 Å². The molecule has 0 unspecified atom stereocenters. The maximum absolute atomic E-state index is 11.5. The standard InChI is InChI=1S/C13H14N4O/c14-12(18)10-8-9-4-1-2-5-11(9)16-13(10)17-7-3-6-15-17/h3,6-8H,1-2,4-5H2,(H2,14,18). The first kappa shape index (κ1) is 11.0. The smallest absolute Gasteiger partial charge is 0.252 e. The van der Waals surface area contributed by atoms with E-state index >= 15 is 0 Å². The zero-order valence-electron chi connectivity index (χ0n) is 9.97. The molecular formula is C13H14N4O. The van der Waals surface area contributed by atoms with E-state index in [0.717, 1.165) is 36.9 Å². The van der Waals surface area contributed by atoms with Crippen molar-refractivity contribution in [2.75, 3.05) is 0 Å². The minimum Gasteiger partial charge on any atom is -0.365 e. The lowest BCUT2D eigenvalue weighted by molar-refractivity contribution is 0.0999. The van der Waals surface area contributed by atoms with Gasteiger partial charge in [0.15, 0.2) is 5.82 Å². The lowest BCUT2D eigenvalue weighted by Gasteiger charge is -2.17. The molecule has 92 valence electrons. The van der Waals surface area contributed by atoms with Crippen molar-refractivity contribution in [3.05, 3.63) is 41.3 Å². The Kier molecular flexibility index (Phi) is 2.59. The van der Waals surface area contributed by atoms with E-state index in [0.29, 0.717) is 11.4 Å². The summed E-state index contributed by atoms with van der Waals surface area (Å²) in [5, 5.41) is 4.12. The van der Waals surface area contributed by atoms with Crippen LogP contribution < -0.4 is 5.73 Å². The monoisotopic (exact) mass is 242 g/mol. The lowest BCUT2D eigenvalue weighted by Crippen LogP contribution is -2.19. The van der Waals surface area contributed by atoms with Gasteiger partial charge in [0.25, 0.3) is 5.91 Å². The first-order valence-electron chi connectivity index (χ1n) is 6.08. The summed E-state index contributed by atoms with van der Waals surface area (Å²) in [5.41, 5.74) is 8.09. The van der Waals surface area contributed by atoms with E-state index in [1.54, 1.807) is 23.1 Å². The number of aryl methyl sites for hydroxylation is 2. The van der Waals surface area contributed by atoms with Crippen LogP contribution in [0.25, 0.3) is 5.82 Å². The molecule has 5 heteroatoms. The number of primary amides is 1. The van der Waals surface area contributed by atoms with Gasteiger partial charge in [-0.15, -0.1) is 0 Å². The minimum absolute atomic E-state index is 0.444. The third kappa shape index (κ3) is 1.77. The number of pyridine rings is 1. The summed E-state index contributed by atoms with van der Waals surface area (Å²) in [4.78, 5) is 16.1. The number of nitrogens with two attached hydrogens (primary N) is 1. The molecule has 1 aliphatic rings. The van der Waals surface area contributed by atoms with E-state index in [1.807, 2.05) is 6.07 Å². The van der Waals surface area contributed by atoms with E-state index in [9.17, 15) is 4.79 Å². The molecule has 0 spiro atoms. The molecule has 0 bridgehead atoms. The van der Waals surface area contributed by atoms with Gasteiger partial charge in [-0.25, -0.2) is 9.67 Å². The number of carbonyl (C=O) groups excluding carboxylic acids is 1. The van der Waals surface area contributed by atoms with Crippen molar-refractivity contribution in [3.8, 4) is 5.82 Å². The molecule has 0 aromatic carbocycles. The van der Waals surface area contributed by atoms with Crippen molar-refractivity contribution in [1.82, 2.24) is 14.8 Å². The van der Waals surface area contributed by atoms with Gasteiger partial charge in [-0.05, 0) is 43.4 Å². The minimum atomic E-state index is -0.457. The zero-order chi connectivity index (χ0) is 12.5. The van der Waals surface area contributed by atoms with Gasteiger partial charge in [0.1, 0.15) is 0 Å². The molecule has 0 saturated carbocycles. The van der Waals surface area contributed by atoms with Crippen LogP contribution in [0.1, 0.15) is 34.5 Å². The van der Waals surface area contributed by atoms with Crippen molar-refractivity contribution in [2.45, 2.75) is 25.7 Å². The average Bonchev–Trinajstić information content (AvgIpc) is 2.91. The fourth-order valence-electron chi connectivity index (χ4n) is 2.37. The molecule has 1 aliphatic carbocycles. The third-order valence-electron chi connectivity index (χ3n) is 3.27. The summed E-state index contributed by atoms with van der Waals surface area (Å²) in [5.74, 6) is 0.0783. The highest BCUT2D eigenvalue weighted by atomic mass is 16.1. The van der Waals surface area contributed by atoms with Crippen LogP contribution in [-0.4, -0.2) is 20.7 Å². The van der Waals surface area contributed by atoms with Gasteiger partial charge < -0.3 is 5.73 Å². The number of aromatic nitrogens is 3. The molecule has 0 aliphatic heterocycles. The quantitative estimate of drug-likeness (QED) is 0.861. The van der Waals surface area contributed by atoms with Crippen LogP contribution in [0.3, 0.4) is 0 Å². The molecule has 0 saturated heterocycles. The van der Waals surface area contributed by atoms with Crippen LogP contribution >= 0.6 is 0 Å². The Hall–Kier alpha value is -2.17. The highest BCUT2D eigenvalue weighted by Gasteiger charge is 2.18. The van der Waals surface area contributed by atoms with Crippen molar-refractivity contribution < 1.29 is 4.79 Å². The maximum atomic E-state index is 11.5. The third-order valence-corrected chi connectivity index (χ3v) is 3.27. The van der Waals surface area contributed by atoms with Crippen LogP contribution in [-0.2, 0) is 12.8 Å². The van der Waals surface area contributed by atoms with Gasteiger partial charge >= 0.3 is 0 Å². The zero-order valence-corrected chi connectivity index (χ0v) is 9.97. The number of amides is 1. The predicted molar refractivity (Wildman–Crippen MR) is 66.5 cm³/mol. The number of hydrogen-bond acceptors (Lipinski definition) is 3. The van der Waals surface area contributed by atoms with Crippen LogP contribution in [0.4, 0.5) is 0 Å². The second-order valence-electron chi connectivity index (χ2n) is 4.49. The summed E-state index contributed by atoms with van der Waals surface area (Å²) in [6.07, 6.45) is 7.66.